The fourth-order valence-corrected chi connectivity index (χ4v) is 2.82. The molecule has 25 heavy (non-hydrogen) atoms. The van der Waals surface area contributed by atoms with Crippen LogP contribution in [0, 0.1) is 0 Å². The Kier molecular flexibility index (Phi) is 4.13. The Morgan fingerprint density at radius 2 is 2.00 bits per heavy atom. The Bertz CT molecular complexity index is 1000. The second kappa shape index (κ2) is 6.58. The van der Waals surface area contributed by atoms with E-state index in [1.54, 1.807) is 18.3 Å². The fourth-order valence-electron chi connectivity index (χ4n) is 2.59. The molecule has 0 aliphatic heterocycles. The number of aliphatic hydroxyl groups excluding tert-OH is 1. The minimum atomic E-state index is -0.148. The first-order valence-corrected chi connectivity index (χ1v) is 8.04. The van der Waals surface area contributed by atoms with Crippen LogP contribution in [0.3, 0.4) is 0 Å². The smallest absolute Gasteiger partial charge is 0.176 e. The summed E-state index contributed by atoms with van der Waals surface area (Å²) in [5.41, 5.74) is 1.54. The van der Waals surface area contributed by atoms with Gasteiger partial charge in [-0.15, -0.1) is 0 Å². The molecule has 0 aliphatic carbocycles. The maximum Gasteiger partial charge on any atom is 0.176 e. The van der Waals surface area contributed by atoms with Crippen LogP contribution in [-0.2, 0) is 13.2 Å². The van der Waals surface area contributed by atoms with Crippen molar-refractivity contribution >= 4 is 11.6 Å². The summed E-state index contributed by atoms with van der Waals surface area (Å²) < 4.78 is 12.9. The van der Waals surface area contributed by atoms with Gasteiger partial charge in [-0.2, -0.15) is 0 Å². The summed E-state index contributed by atoms with van der Waals surface area (Å²) in [6.07, 6.45) is 3.52. The van der Waals surface area contributed by atoms with Crippen LogP contribution in [0.5, 0.6) is 0 Å². The zero-order chi connectivity index (χ0) is 17.2. The number of rotatable bonds is 5. The molecule has 0 spiro atoms. The van der Waals surface area contributed by atoms with Gasteiger partial charge in [0, 0.05) is 24.0 Å². The SMILES string of the molecule is OCc1ccc(-c2nccn2Cc2cc(-c3ccccc3Cl)on2)o1. The van der Waals surface area contributed by atoms with Crippen LogP contribution in [0.1, 0.15) is 11.5 Å². The number of furan rings is 1. The second-order valence-corrected chi connectivity index (χ2v) is 5.87. The lowest BCUT2D eigenvalue weighted by atomic mass is 10.1. The number of nitrogens with zero attached hydrogens (tertiary/aromatic N) is 3. The van der Waals surface area contributed by atoms with Crippen molar-refractivity contribution in [2.75, 3.05) is 0 Å². The highest BCUT2D eigenvalue weighted by Crippen LogP contribution is 2.28. The normalized spacial score (nSPS) is 11.1. The molecule has 0 amide bonds. The number of hydrogen-bond donors (Lipinski definition) is 1. The summed E-state index contributed by atoms with van der Waals surface area (Å²) in [6.45, 7) is 0.323. The van der Waals surface area contributed by atoms with E-state index in [0.29, 0.717) is 34.7 Å². The van der Waals surface area contributed by atoms with Crippen molar-refractivity contribution in [3.8, 4) is 22.9 Å². The number of hydrogen-bond acceptors (Lipinski definition) is 5. The topological polar surface area (TPSA) is 77.2 Å². The van der Waals surface area contributed by atoms with Gasteiger partial charge >= 0.3 is 0 Å². The first-order chi connectivity index (χ1) is 12.2. The third-order valence-electron chi connectivity index (χ3n) is 3.78. The van der Waals surface area contributed by atoms with Crippen molar-refractivity contribution in [1.29, 1.82) is 0 Å². The van der Waals surface area contributed by atoms with Gasteiger partial charge in [0.1, 0.15) is 18.1 Å². The van der Waals surface area contributed by atoms with E-state index in [1.807, 2.05) is 41.1 Å². The molecule has 7 heteroatoms. The Labute approximate surface area is 148 Å². The molecular weight excluding hydrogens is 342 g/mol. The highest BCUT2D eigenvalue weighted by atomic mass is 35.5. The number of halogens is 1. The van der Waals surface area contributed by atoms with E-state index in [9.17, 15) is 0 Å². The summed E-state index contributed by atoms with van der Waals surface area (Å²) in [5.74, 6) is 2.35. The van der Waals surface area contributed by atoms with Gasteiger partial charge in [0.15, 0.2) is 17.3 Å². The summed E-state index contributed by atoms with van der Waals surface area (Å²) >= 11 is 6.20. The van der Waals surface area contributed by atoms with Crippen molar-refractivity contribution in [3.63, 3.8) is 0 Å². The highest BCUT2D eigenvalue weighted by Gasteiger charge is 2.14. The molecule has 0 unspecified atom stereocenters. The zero-order valence-corrected chi connectivity index (χ0v) is 13.8. The van der Waals surface area contributed by atoms with Crippen molar-refractivity contribution in [1.82, 2.24) is 14.7 Å². The van der Waals surface area contributed by atoms with Crippen molar-refractivity contribution in [2.45, 2.75) is 13.2 Å². The number of benzene rings is 1. The minimum absolute atomic E-state index is 0.148. The molecule has 1 N–H and O–H groups in total. The predicted molar refractivity (Wildman–Crippen MR) is 91.9 cm³/mol. The van der Waals surface area contributed by atoms with E-state index in [0.717, 1.165) is 11.3 Å². The summed E-state index contributed by atoms with van der Waals surface area (Å²) in [5, 5.41) is 13.9. The fraction of sp³-hybridized carbons (Fsp3) is 0.111. The molecule has 0 saturated carbocycles. The summed E-state index contributed by atoms with van der Waals surface area (Å²) in [6, 6.07) is 12.8. The van der Waals surface area contributed by atoms with E-state index in [4.69, 9.17) is 25.6 Å². The predicted octanol–water partition coefficient (Wildman–Crippen LogP) is 3.99. The molecule has 126 valence electrons. The maximum atomic E-state index is 9.13. The van der Waals surface area contributed by atoms with Crippen LogP contribution in [0.2, 0.25) is 5.02 Å². The second-order valence-electron chi connectivity index (χ2n) is 5.47. The molecule has 1 aromatic carbocycles. The molecule has 0 atom stereocenters. The zero-order valence-electron chi connectivity index (χ0n) is 13.1. The molecule has 0 bridgehead atoms. The van der Waals surface area contributed by atoms with Crippen molar-refractivity contribution in [3.05, 3.63) is 71.3 Å². The Balaban J connectivity index is 1.60. The van der Waals surface area contributed by atoms with Gasteiger partial charge < -0.3 is 18.6 Å². The number of imidazole rings is 1. The van der Waals surface area contributed by atoms with Gasteiger partial charge in [-0.25, -0.2) is 4.98 Å². The average molecular weight is 356 g/mol. The van der Waals surface area contributed by atoms with E-state index in [1.165, 1.54) is 0 Å². The van der Waals surface area contributed by atoms with Crippen LogP contribution in [0.15, 0.2) is 63.8 Å². The van der Waals surface area contributed by atoms with Crippen LogP contribution in [-0.4, -0.2) is 19.8 Å². The average Bonchev–Trinajstić information content (AvgIpc) is 3.35. The van der Waals surface area contributed by atoms with Crippen LogP contribution in [0.25, 0.3) is 22.9 Å². The molecule has 4 rings (SSSR count). The Hall–Kier alpha value is -2.83. The lowest BCUT2D eigenvalue weighted by Crippen LogP contribution is -2.00. The molecule has 0 aliphatic rings. The number of aliphatic hydroxyl groups is 1. The van der Waals surface area contributed by atoms with Crippen LogP contribution >= 0.6 is 11.6 Å². The summed E-state index contributed by atoms with van der Waals surface area (Å²) in [7, 11) is 0. The van der Waals surface area contributed by atoms with E-state index >= 15 is 0 Å². The first-order valence-electron chi connectivity index (χ1n) is 7.66. The van der Waals surface area contributed by atoms with Crippen LogP contribution in [0.4, 0.5) is 0 Å². The molecule has 6 nitrogen and oxygen atoms in total. The largest absolute Gasteiger partial charge is 0.455 e. The minimum Gasteiger partial charge on any atom is -0.455 e. The standard InChI is InChI=1S/C18H14ClN3O3/c19-15-4-2-1-3-14(15)17-9-12(21-25-17)10-22-8-7-20-18(22)16-6-5-13(11-23)24-16/h1-9,23H,10-11H2. The molecular formula is C18H14ClN3O3. The third-order valence-corrected chi connectivity index (χ3v) is 4.11. The van der Waals surface area contributed by atoms with E-state index in [2.05, 4.69) is 10.1 Å². The first kappa shape index (κ1) is 15.7. The quantitative estimate of drug-likeness (QED) is 0.585. The number of aromatic nitrogens is 3. The van der Waals surface area contributed by atoms with Gasteiger partial charge in [0.2, 0.25) is 0 Å². The van der Waals surface area contributed by atoms with Gasteiger partial charge in [0.25, 0.3) is 0 Å². The summed E-state index contributed by atoms with van der Waals surface area (Å²) in [4.78, 5) is 4.32. The van der Waals surface area contributed by atoms with Gasteiger partial charge in [0.05, 0.1) is 11.6 Å². The maximum absolute atomic E-state index is 9.13. The van der Waals surface area contributed by atoms with E-state index < -0.39 is 0 Å². The Morgan fingerprint density at radius 1 is 1.12 bits per heavy atom. The molecule has 0 radical (unpaired) electrons. The lowest BCUT2D eigenvalue weighted by Gasteiger charge is -2.03. The van der Waals surface area contributed by atoms with Gasteiger partial charge in [-0.3, -0.25) is 0 Å². The highest BCUT2D eigenvalue weighted by molar-refractivity contribution is 6.33. The van der Waals surface area contributed by atoms with Gasteiger partial charge in [-0.1, -0.05) is 28.9 Å². The monoisotopic (exact) mass is 355 g/mol. The Morgan fingerprint density at radius 3 is 2.80 bits per heavy atom. The lowest BCUT2D eigenvalue weighted by molar-refractivity contribution is 0.248. The van der Waals surface area contributed by atoms with E-state index in [-0.39, 0.29) is 6.61 Å². The molecule has 4 aromatic rings. The molecule has 0 fully saturated rings. The van der Waals surface area contributed by atoms with Crippen molar-refractivity contribution in [2.24, 2.45) is 0 Å². The van der Waals surface area contributed by atoms with Crippen molar-refractivity contribution < 1.29 is 14.0 Å². The van der Waals surface area contributed by atoms with Crippen LogP contribution < -0.4 is 0 Å². The molecule has 0 saturated heterocycles. The molecule has 3 heterocycles. The molecule has 3 aromatic heterocycles. The third kappa shape index (κ3) is 3.09. The van der Waals surface area contributed by atoms with Gasteiger partial charge in [-0.05, 0) is 24.3 Å².